The number of carbonyl (C=O) groups is 1. The van der Waals surface area contributed by atoms with E-state index < -0.39 is 0 Å². The van der Waals surface area contributed by atoms with E-state index >= 15 is 0 Å². The number of nitrogens with zero attached hydrogens (tertiary/aromatic N) is 1. The first kappa shape index (κ1) is 13.3. The summed E-state index contributed by atoms with van der Waals surface area (Å²) in [7, 11) is 0. The van der Waals surface area contributed by atoms with Gasteiger partial charge in [0.05, 0.1) is 5.56 Å². The van der Waals surface area contributed by atoms with Gasteiger partial charge in [0, 0.05) is 16.0 Å². The standard InChI is InChI=1S/C15H16INO/c1-15(2,3)11-7-6-8-12(16)13(11)14(18)17-9-4-5-10-17/h4-10H,1-3H3. The summed E-state index contributed by atoms with van der Waals surface area (Å²) in [4.78, 5) is 12.6. The second-order valence-corrected chi connectivity index (χ2v) is 6.47. The van der Waals surface area contributed by atoms with Crippen molar-refractivity contribution in [1.29, 1.82) is 0 Å². The molecule has 0 saturated heterocycles. The summed E-state index contributed by atoms with van der Waals surface area (Å²) < 4.78 is 2.63. The smallest absolute Gasteiger partial charge is 0.263 e. The fourth-order valence-corrected chi connectivity index (χ4v) is 2.69. The molecule has 0 fully saturated rings. The summed E-state index contributed by atoms with van der Waals surface area (Å²) in [5, 5.41) is 0. The van der Waals surface area contributed by atoms with Crippen LogP contribution in [0.1, 0.15) is 36.7 Å². The Morgan fingerprint density at radius 3 is 2.28 bits per heavy atom. The third-order valence-corrected chi connectivity index (χ3v) is 3.77. The number of rotatable bonds is 1. The molecular formula is C15H16INO. The van der Waals surface area contributed by atoms with Gasteiger partial charge in [-0.25, -0.2) is 0 Å². The summed E-state index contributed by atoms with van der Waals surface area (Å²) in [5.41, 5.74) is 1.86. The van der Waals surface area contributed by atoms with Gasteiger partial charge in [-0.15, -0.1) is 0 Å². The largest absolute Gasteiger partial charge is 0.291 e. The van der Waals surface area contributed by atoms with Crippen molar-refractivity contribution >= 4 is 28.5 Å². The van der Waals surface area contributed by atoms with E-state index in [-0.39, 0.29) is 11.3 Å². The van der Waals surface area contributed by atoms with Crippen LogP contribution in [0.3, 0.4) is 0 Å². The molecule has 2 aromatic rings. The van der Waals surface area contributed by atoms with E-state index in [2.05, 4.69) is 43.4 Å². The SMILES string of the molecule is CC(C)(C)c1cccc(I)c1C(=O)n1cccc1. The predicted molar refractivity (Wildman–Crippen MR) is 82.0 cm³/mol. The molecule has 0 spiro atoms. The van der Waals surface area contributed by atoms with Crippen LogP contribution in [-0.2, 0) is 5.41 Å². The third-order valence-electron chi connectivity index (χ3n) is 2.87. The van der Waals surface area contributed by atoms with Gasteiger partial charge in [0.15, 0.2) is 0 Å². The number of benzene rings is 1. The maximum atomic E-state index is 12.6. The van der Waals surface area contributed by atoms with Crippen molar-refractivity contribution in [3.05, 3.63) is 57.4 Å². The Hall–Kier alpha value is -1.10. The molecule has 0 aliphatic heterocycles. The summed E-state index contributed by atoms with van der Waals surface area (Å²) >= 11 is 2.23. The molecule has 0 aliphatic rings. The minimum absolute atomic E-state index is 0.0370. The maximum absolute atomic E-state index is 12.6. The highest BCUT2D eigenvalue weighted by atomic mass is 127. The van der Waals surface area contributed by atoms with Crippen LogP contribution in [0.4, 0.5) is 0 Å². The minimum atomic E-state index is -0.0423. The Morgan fingerprint density at radius 1 is 1.11 bits per heavy atom. The van der Waals surface area contributed by atoms with Crippen molar-refractivity contribution < 1.29 is 4.79 Å². The van der Waals surface area contributed by atoms with Crippen LogP contribution in [0.5, 0.6) is 0 Å². The van der Waals surface area contributed by atoms with Gasteiger partial charge in [0.25, 0.3) is 5.91 Å². The van der Waals surface area contributed by atoms with Crippen molar-refractivity contribution in [2.75, 3.05) is 0 Å². The van der Waals surface area contributed by atoms with E-state index in [0.29, 0.717) is 0 Å². The Bertz CT molecular complexity index is 565. The number of halogens is 1. The van der Waals surface area contributed by atoms with Gasteiger partial charge in [0.2, 0.25) is 0 Å². The molecule has 2 nitrogen and oxygen atoms in total. The molecule has 1 aromatic carbocycles. The average molecular weight is 353 g/mol. The van der Waals surface area contributed by atoms with E-state index in [1.54, 1.807) is 17.0 Å². The summed E-state index contributed by atoms with van der Waals surface area (Å²) in [5.74, 6) is 0.0370. The Labute approximate surface area is 121 Å². The molecule has 2 rings (SSSR count). The molecular weight excluding hydrogens is 337 g/mol. The maximum Gasteiger partial charge on any atom is 0.263 e. The lowest BCUT2D eigenvalue weighted by Crippen LogP contribution is -2.21. The third kappa shape index (κ3) is 2.51. The normalized spacial score (nSPS) is 11.6. The quantitative estimate of drug-likeness (QED) is 0.708. The predicted octanol–water partition coefficient (Wildman–Crippen LogP) is 4.08. The lowest BCUT2D eigenvalue weighted by molar-refractivity contribution is 0.0957. The molecule has 0 amide bonds. The number of aromatic nitrogens is 1. The second-order valence-electron chi connectivity index (χ2n) is 5.31. The number of hydrogen-bond donors (Lipinski definition) is 0. The van der Waals surface area contributed by atoms with Crippen molar-refractivity contribution in [2.45, 2.75) is 26.2 Å². The topological polar surface area (TPSA) is 22.0 Å². The van der Waals surface area contributed by atoms with Crippen LogP contribution in [0.25, 0.3) is 0 Å². The fraction of sp³-hybridized carbons (Fsp3) is 0.267. The van der Waals surface area contributed by atoms with Crippen molar-refractivity contribution in [3.63, 3.8) is 0 Å². The summed E-state index contributed by atoms with van der Waals surface area (Å²) in [6.45, 7) is 6.39. The van der Waals surface area contributed by atoms with Gasteiger partial charge in [0.1, 0.15) is 0 Å². The lowest BCUT2D eigenvalue weighted by atomic mass is 9.83. The average Bonchev–Trinajstić information content (AvgIpc) is 2.80. The molecule has 1 heterocycles. The first-order valence-corrected chi connectivity index (χ1v) is 6.96. The molecule has 3 heteroatoms. The summed E-state index contributed by atoms with van der Waals surface area (Å²) in [6.07, 6.45) is 3.58. The molecule has 0 aliphatic carbocycles. The number of hydrogen-bond acceptors (Lipinski definition) is 1. The zero-order valence-electron chi connectivity index (χ0n) is 10.8. The highest BCUT2D eigenvalue weighted by Crippen LogP contribution is 2.29. The lowest BCUT2D eigenvalue weighted by Gasteiger charge is -2.23. The second kappa shape index (κ2) is 4.88. The molecule has 18 heavy (non-hydrogen) atoms. The van der Waals surface area contributed by atoms with Crippen LogP contribution >= 0.6 is 22.6 Å². The van der Waals surface area contributed by atoms with Crippen LogP contribution in [0.2, 0.25) is 0 Å². The van der Waals surface area contributed by atoms with Crippen LogP contribution < -0.4 is 0 Å². The Morgan fingerprint density at radius 2 is 1.72 bits per heavy atom. The van der Waals surface area contributed by atoms with Gasteiger partial charge < -0.3 is 0 Å². The van der Waals surface area contributed by atoms with Crippen LogP contribution in [0.15, 0.2) is 42.7 Å². The van der Waals surface area contributed by atoms with E-state index in [0.717, 1.165) is 14.7 Å². The molecule has 0 atom stereocenters. The van der Waals surface area contributed by atoms with E-state index in [9.17, 15) is 4.79 Å². The van der Waals surface area contributed by atoms with E-state index in [4.69, 9.17) is 0 Å². The van der Waals surface area contributed by atoms with E-state index in [1.807, 2.05) is 30.3 Å². The Kier molecular flexibility index (Phi) is 3.61. The van der Waals surface area contributed by atoms with Crippen molar-refractivity contribution in [3.8, 4) is 0 Å². The molecule has 0 saturated carbocycles. The number of carbonyl (C=O) groups excluding carboxylic acids is 1. The van der Waals surface area contributed by atoms with Crippen molar-refractivity contribution in [2.24, 2.45) is 0 Å². The first-order chi connectivity index (χ1) is 8.41. The molecule has 0 radical (unpaired) electrons. The molecule has 94 valence electrons. The van der Waals surface area contributed by atoms with Gasteiger partial charge in [-0.2, -0.15) is 0 Å². The zero-order chi connectivity index (χ0) is 13.3. The van der Waals surface area contributed by atoms with E-state index in [1.165, 1.54) is 0 Å². The summed E-state index contributed by atoms with van der Waals surface area (Å²) in [6, 6.07) is 9.76. The first-order valence-electron chi connectivity index (χ1n) is 5.88. The molecule has 0 N–H and O–H groups in total. The molecule has 0 unspecified atom stereocenters. The van der Waals surface area contributed by atoms with Crippen molar-refractivity contribution in [1.82, 2.24) is 4.57 Å². The van der Waals surface area contributed by atoms with Gasteiger partial charge in [-0.3, -0.25) is 9.36 Å². The van der Waals surface area contributed by atoms with Gasteiger partial charge in [-0.1, -0.05) is 32.9 Å². The van der Waals surface area contributed by atoms with Crippen LogP contribution in [-0.4, -0.2) is 10.5 Å². The van der Waals surface area contributed by atoms with Crippen LogP contribution in [0, 0.1) is 3.57 Å². The molecule has 0 bridgehead atoms. The monoisotopic (exact) mass is 353 g/mol. The highest BCUT2D eigenvalue weighted by Gasteiger charge is 2.24. The fourth-order valence-electron chi connectivity index (χ4n) is 1.97. The zero-order valence-corrected chi connectivity index (χ0v) is 12.9. The Balaban J connectivity index is 2.60. The molecule has 1 aromatic heterocycles. The van der Waals surface area contributed by atoms with Gasteiger partial charge >= 0.3 is 0 Å². The highest BCUT2D eigenvalue weighted by molar-refractivity contribution is 14.1. The minimum Gasteiger partial charge on any atom is -0.291 e. The van der Waals surface area contributed by atoms with Gasteiger partial charge in [-0.05, 0) is 51.8 Å².